The molecule has 1 aliphatic rings. The minimum Gasteiger partial charge on any atom is -0.481 e. The normalized spacial score (nSPS) is 17.6. The van der Waals surface area contributed by atoms with Crippen LogP contribution >= 0.6 is 0 Å². The number of nitrogens with zero attached hydrogens (tertiary/aromatic N) is 1. The maximum atomic E-state index is 12.3. The largest absolute Gasteiger partial charge is 0.481 e. The van der Waals surface area contributed by atoms with Crippen LogP contribution in [0.15, 0.2) is 54.6 Å². The molecule has 1 unspecified atom stereocenters. The van der Waals surface area contributed by atoms with Crippen LogP contribution < -0.4 is 5.32 Å². The molecular formula is C19H20N2O3. The molecule has 3 rings (SSSR count). The van der Waals surface area contributed by atoms with E-state index in [0.717, 1.165) is 16.8 Å². The molecule has 1 atom stereocenters. The van der Waals surface area contributed by atoms with E-state index < -0.39 is 5.97 Å². The van der Waals surface area contributed by atoms with Crippen LogP contribution in [0.2, 0.25) is 0 Å². The SMILES string of the molecule is O=C(CN1CCC(C(=O)O)C1)Nc1ccccc1-c1ccccc1. The molecule has 2 aromatic carbocycles. The summed E-state index contributed by atoms with van der Waals surface area (Å²) in [5, 5.41) is 12.0. The number of hydrogen-bond acceptors (Lipinski definition) is 3. The fraction of sp³-hybridized carbons (Fsp3) is 0.263. The number of likely N-dealkylation sites (tertiary alicyclic amines) is 1. The van der Waals surface area contributed by atoms with Gasteiger partial charge in [0.15, 0.2) is 0 Å². The Bertz CT molecular complexity index is 730. The first-order chi connectivity index (χ1) is 11.6. The first-order valence-corrected chi connectivity index (χ1v) is 8.03. The Morgan fingerprint density at radius 1 is 1.08 bits per heavy atom. The molecule has 0 aromatic heterocycles. The number of amides is 1. The molecule has 5 heteroatoms. The van der Waals surface area contributed by atoms with E-state index in [1.165, 1.54) is 0 Å². The number of carbonyl (C=O) groups is 2. The van der Waals surface area contributed by atoms with Gasteiger partial charge in [-0.1, -0.05) is 48.5 Å². The monoisotopic (exact) mass is 324 g/mol. The summed E-state index contributed by atoms with van der Waals surface area (Å²) in [6.45, 7) is 1.29. The maximum absolute atomic E-state index is 12.3. The topological polar surface area (TPSA) is 69.6 Å². The lowest BCUT2D eigenvalue weighted by atomic mass is 10.0. The molecule has 1 fully saturated rings. The third kappa shape index (κ3) is 3.81. The van der Waals surface area contributed by atoms with Crippen molar-refractivity contribution in [1.29, 1.82) is 0 Å². The van der Waals surface area contributed by atoms with Crippen molar-refractivity contribution in [3.05, 3.63) is 54.6 Å². The number of hydrogen-bond donors (Lipinski definition) is 2. The molecule has 124 valence electrons. The fourth-order valence-corrected chi connectivity index (χ4v) is 3.03. The van der Waals surface area contributed by atoms with Gasteiger partial charge in [-0.05, 0) is 24.6 Å². The summed E-state index contributed by atoms with van der Waals surface area (Å²) in [7, 11) is 0. The van der Waals surface area contributed by atoms with Gasteiger partial charge in [0.2, 0.25) is 5.91 Å². The number of para-hydroxylation sites is 1. The molecule has 24 heavy (non-hydrogen) atoms. The first-order valence-electron chi connectivity index (χ1n) is 8.03. The Balaban J connectivity index is 1.66. The molecular weight excluding hydrogens is 304 g/mol. The minimum absolute atomic E-state index is 0.121. The summed E-state index contributed by atoms with van der Waals surface area (Å²) in [6, 6.07) is 17.6. The van der Waals surface area contributed by atoms with Gasteiger partial charge in [0.05, 0.1) is 12.5 Å². The highest BCUT2D eigenvalue weighted by atomic mass is 16.4. The predicted octanol–water partition coefficient (Wildman–Crippen LogP) is 2.70. The van der Waals surface area contributed by atoms with E-state index in [9.17, 15) is 9.59 Å². The minimum atomic E-state index is -0.785. The highest BCUT2D eigenvalue weighted by Gasteiger charge is 2.28. The molecule has 1 heterocycles. The molecule has 2 N–H and O–H groups in total. The Kier molecular flexibility index (Phi) is 4.91. The van der Waals surface area contributed by atoms with Gasteiger partial charge in [-0.3, -0.25) is 14.5 Å². The van der Waals surface area contributed by atoms with Gasteiger partial charge in [0, 0.05) is 17.8 Å². The molecule has 1 aliphatic heterocycles. The Hall–Kier alpha value is -2.66. The highest BCUT2D eigenvalue weighted by Crippen LogP contribution is 2.27. The van der Waals surface area contributed by atoms with Gasteiger partial charge in [0.1, 0.15) is 0 Å². The number of aliphatic carboxylic acids is 1. The van der Waals surface area contributed by atoms with Gasteiger partial charge < -0.3 is 10.4 Å². The summed E-state index contributed by atoms with van der Waals surface area (Å²) < 4.78 is 0. The molecule has 1 amide bonds. The Labute approximate surface area is 140 Å². The zero-order valence-electron chi connectivity index (χ0n) is 13.3. The van der Waals surface area contributed by atoms with E-state index in [-0.39, 0.29) is 18.4 Å². The standard InChI is InChI=1S/C19H20N2O3/c22-18(13-21-11-10-15(12-21)19(23)24)20-17-9-5-4-8-16(17)14-6-2-1-3-7-14/h1-9,15H,10-13H2,(H,20,22)(H,23,24). The second-order valence-electron chi connectivity index (χ2n) is 6.02. The number of anilines is 1. The predicted molar refractivity (Wildman–Crippen MR) is 92.7 cm³/mol. The summed E-state index contributed by atoms with van der Waals surface area (Å²) in [5.74, 6) is -1.27. The number of carbonyl (C=O) groups excluding carboxylic acids is 1. The quantitative estimate of drug-likeness (QED) is 0.887. The van der Waals surface area contributed by atoms with Crippen LogP contribution in [0.25, 0.3) is 11.1 Å². The molecule has 0 spiro atoms. The van der Waals surface area contributed by atoms with Crippen LogP contribution in [-0.2, 0) is 9.59 Å². The lowest BCUT2D eigenvalue weighted by Gasteiger charge is -2.16. The second kappa shape index (κ2) is 7.27. The number of benzene rings is 2. The number of rotatable bonds is 5. The molecule has 1 saturated heterocycles. The first kappa shape index (κ1) is 16.2. The summed E-state index contributed by atoms with van der Waals surface area (Å²) in [6.07, 6.45) is 0.600. The Morgan fingerprint density at radius 3 is 2.50 bits per heavy atom. The zero-order valence-corrected chi connectivity index (χ0v) is 13.3. The van der Waals surface area contributed by atoms with Crippen LogP contribution in [0.5, 0.6) is 0 Å². The molecule has 0 radical (unpaired) electrons. The van der Waals surface area contributed by atoms with Gasteiger partial charge in [-0.25, -0.2) is 0 Å². The van der Waals surface area contributed by atoms with E-state index >= 15 is 0 Å². The van der Waals surface area contributed by atoms with Gasteiger partial charge in [-0.2, -0.15) is 0 Å². The zero-order chi connectivity index (χ0) is 16.9. The second-order valence-corrected chi connectivity index (χ2v) is 6.02. The van der Waals surface area contributed by atoms with E-state index in [1.54, 1.807) is 0 Å². The van der Waals surface area contributed by atoms with Crippen molar-refractivity contribution in [2.45, 2.75) is 6.42 Å². The van der Waals surface area contributed by atoms with E-state index in [1.807, 2.05) is 59.5 Å². The van der Waals surface area contributed by atoms with Crippen molar-refractivity contribution >= 4 is 17.6 Å². The van der Waals surface area contributed by atoms with Crippen molar-refractivity contribution in [2.75, 3.05) is 25.0 Å². The highest BCUT2D eigenvalue weighted by molar-refractivity contribution is 5.96. The van der Waals surface area contributed by atoms with Crippen molar-refractivity contribution < 1.29 is 14.7 Å². The molecule has 0 aliphatic carbocycles. The van der Waals surface area contributed by atoms with Crippen molar-refractivity contribution in [2.24, 2.45) is 5.92 Å². The average molecular weight is 324 g/mol. The molecule has 5 nitrogen and oxygen atoms in total. The van der Waals surface area contributed by atoms with Gasteiger partial charge in [0.25, 0.3) is 0 Å². The van der Waals surface area contributed by atoms with E-state index in [0.29, 0.717) is 19.5 Å². The smallest absolute Gasteiger partial charge is 0.307 e. The lowest BCUT2D eigenvalue weighted by Crippen LogP contribution is -2.32. The number of carboxylic acids is 1. The van der Waals surface area contributed by atoms with Crippen LogP contribution in [0, 0.1) is 5.92 Å². The van der Waals surface area contributed by atoms with Crippen LogP contribution in [0.4, 0.5) is 5.69 Å². The lowest BCUT2D eigenvalue weighted by molar-refractivity contribution is -0.141. The number of nitrogens with one attached hydrogen (secondary N) is 1. The van der Waals surface area contributed by atoms with Crippen LogP contribution in [-0.4, -0.2) is 41.5 Å². The molecule has 2 aromatic rings. The summed E-state index contributed by atoms with van der Waals surface area (Å²) in [4.78, 5) is 25.2. The van der Waals surface area contributed by atoms with Crippen LogP contribution in [0.1, 0.15) is 6.42 Å². The Morgan fingerprint density at radius 2 is 1.79 bits per heavy atom. The molecule has 0 saturated carbocycles. The summed E-state index contributed by atoms with van der Waals surface area (Å²) >= 11 is 0. The van der Waals surface area contributed by atoms with E-state index in [2.05, 4.69) is 5.32 Å². The van der Waals surface area contributed by atoms with Crippen molar-refractivity contribution in [3.8, 4) is 11.1 Å². The van der Waals surface area contributed by atoms with Gasteiger partial charge in [-0.15, -0.1) is 0 Å². The van der Waals surface area contributed by atoms with Crippen molar-refractivity contribution in [1.82, 2.24) is 4.90 Å². The van der Waals surface area contributed by atoms with Crippen LogP contribution in [0.3, 0.4) is 0 Å². The van der Waals surface area contributed by atoms with Crippen molar-refractivity contribution in [3.63, 3.8) is 0 Å². The fourth-order valence-electron chi connectivity index (χ4n) is 3.03. The third-order valence-electron chi connectivity index (χ3n) is 4.27. The third-order valence-corrected chi connectivity index (χ3v) is 4.27. The van der Waals surface area contributed by atoms with Gasteiger partial charge >= 0.3 is 5.97 Å². The number of carboxylic acid groups (broad SMARTS) is 1. The average Bonchev–Trinajstić information content (AvgIpc) is 3.05. The van der Waals surface area contributed by atoms with E-state index in [4.69, 9.17) is 5.11 Å². The summed E-state index contributed by atoms with van der Waals surface area (Å²) in [5.41, 5.74) is 2.78. The molecule has 0 bridgehead atoms. The maximum Gasteiger partial charge on any atom is 0.307 e.